The molecule has 2 fully saturated rings. The number of piperidine rings is 1. The lowest BCUT2D eigenvalue weighted by Gasteiger charge is -2.45. The van der Waals surface area contributed by atoms with Crippen LogP contribution >= 0.6 is 23.2 Å². The average Bonchev–Trinajstić information content (AvgIpc) is 3.11. The van der Waals surface area contributed by atoms with Gasteiger partial charge in [0, 0.05) is 67.2 Å². The first-order chi connectivity index (χ1) is 24.5. The monoisotopic (exact) mass is 736 g/mol. The van der Waals surface area contributed by atoms with Gasteiger partial charge in [0.25, 0.3) is 5.91 Å². The van der Waals surface area contributed by atoms with Gasteiger partial charge in [-0.1, -0.05) is 70.8 Å². The minimum absolute atomic E-state index is 0.0638. The van der Waals surface area contributed by atoms with Gasteiger partial charge in [0.05, 0.1) is 12.3 Å². The minimum atomic E-state index is -0.763. The van der Waals surface area contributed by atoms with Crippen LogP contribution in [0.3, 0.4) is 0 Å². The quantitative estimate of drug-likeness (QED) is 0.163. The second-order valence-electron chi connectivity index (χ2n) is 13.2. The standard InChI is InChI=1S/C38H46Cl2N6O5/c1-43(37(49)28-22-29(39)24-30(40)23-28)25-34(42-51-2)33(27-7-4-3-5-8-27)15-20-44-18-13-31(14-19-44)45-16-6-17-46(38(45)50)35(36(41)48)21-26-9-11-32(47)12-10-26/h3-5,7-12,22-24,31,33,35,47H,6,13-21,25H2,1-2H3,(H2,41,48)/b42-34+/t33?,35-/m1/s1. The first-order valence-electron chi connectivity index (χ1n) is 17.3. The Bertz CT molecular complexity index is 1660. The molecule has 0 saturated carbocycles. The van der Waals surface area contributed by atoms with Crippen LogP contribution in [0.15, 0.2) is 78.0 Å². The summed E-state index contributed by atoms with van der Waals surface area (Å²) in [5.41, 5.74) is 8.83. The van der Waals surface area contributed by atoms with E-state index in [1.165, 1.54) is 7.11 Å². The van der Waals surface area contributed by atoms with Gasteiger partial charge in [-0.25, -0.2) is 4.79 Å². The van der Waals surface area contributed by atoms with Crippen molar-refractivity contribution in [2.24, 2.45) is 10.9 Å². The molecule has 2 aliphatic heterocycles. The number of oxime groups is 1. The van der Waals surface area contributed by atoms with Gasteiger partial charge in [0.1, 0.15) is 18.9 Å². The van der Waals surface area contributed by atoms with Crippen LogP contribution in [0.5, 0.6) is 5.75 Å². The molecule has 0 spiro atoms. The number of urea groups is 1. The predicted octanol–water partition coefficient (Wildman–Crippen LogP) is 5.64. The van der Waals surface area contributed by atoms with Gasteiger partial charge in [-0.2, -0.15) is 0 Å². The summed E-state index contributed by atoms with van der Waals surface area (Å²) in [4.78, 5) is 52.5. The highest BCUT2D eigenvalue weighted by atomic mass is 35.5. The molecule has 3 N–H and O–H groups in total. The molecule has 13 heteroatoms. The number of amides is 4. The lowest BCUT2D eigenvalue weighted by molar-refractivity contribution is -0.122. The fraction of sp³-hybridized carbons (Fsp3) is 0.421. The third kappa shape index (κ3) is 9.93. The zero-order valence-corrected chi connectivity index (χ0v) is 30.6. The van der Waals surface area contributed by atoms with Crippen molar-refractivity contribution in [2.75, 3.05) is 53.4 Å². The highest BCUT2D eigenvalue weighted by Crippen LogP contribution is 2.28. The number of likely N-dealkylation sites (tertiary alicyclic amines) is 1. The number of aromatic hydroxyl groups is 1. The number of rotatable bonds is 14. The van der Waals surface area contributed by atoms with Crippen molar-refractivity contribution in [3.63, 3.8) is 0 Å². The van der Waals surface area contributed by atoms with Crippen LogP contribution in [0.1, 0.15) is 53.1 Å². The normalized spacial score (nSPS) is 17.3. The number of hydrogen-bond acceptors (Lipinski definition) is 7. The number of primary amides is 1. The molecule has 2 saturated heterocycles. The van der Waals surface area contributed by atoms with Crippen LogP contribution < -0.4 is 5.73 Å². The van der Waals surface area contributed by atoms with Gasteiger partial charge in [-0.05, 0) is 73.7 Å². The van der Waals surface area contributed by atoms with Crippen LogP contribution in [0.25, 0.3) is 0 Å². The van der Waals surface area contributed by atoms with Crippen molar-refractivity contribution >= 4 is 46.8 Å². The lowest BCUT2D eigenvalue weighted by Crippen LogP contribution is -2.60. The summed E-state index contributed by atoms with van der Waals surface area (Å²) in [5.74, 6) is -0.744. The SMILES string of the molecule is CO/N=C(\CN(C)C(=O)c1cc(Cl)cc(Cl)c1)C(CCN1CCC(N2CCCN([C@H](Cc3ccc(O)cc3)C(N)=O)C2=O)CC1)c1ccccc1. The summed E-state index contributed by atoms with van der Waals surface area (Å²) in [6, 6.07) is 20.6. The number of carbonyl (C=O) groups excluding carboxylic acids is 3. The molecular weight excluding hydrogens is 691 g/mol. The summed E-state index contributed by atoms with van der Waals surface area (Å²) < 4.78 is 0. The molecule has 3 aromatic rings. The third-order valence-electron chi connectivity index (χ3n) is 9.76. The van der Waals surface area contributed by atoms with Crippen LogP contribution in [0.2, 0.25) is 10.0 Å². The van der Waals surface area contributed by atoms with E-state index in [1.807, 2.05) is 23.1 Å². The van der Waals surface area contributed by atoms with E-state index in [1.54, 1.807) is 59.3 Å². The van der Waals surface area contributed by atoms with E-state index in [9.17, 15) is 19.5 Å². The maximum atomic E-state index is 13.8. The van der Waals surface area contributed by atoms with E-state index in [0.717, 1.165) is 62.2 Å². The van der Waals surface area contributed by atoms with Gasteiger partial charge in [-0.15, -0.1) is 0 Å². The highest BCUT2D eigenvalue weighted by Gasteiger charge is 2.38. The first-order valence-corrected chi connectivity index (χ1v) is 18.0. The fourth-order valence-corrected chi connectivity index (χ4v) is 7.65. The molecule has 51 heavy (non-hydrogen) atoms. The summed E-state index contributed by atoms with van der Waals surface area (Å²) in [6.45, 7) is 3.77. The number of benzene rings is 3. The number of nitrogens with zero attached hydrogens (tertiary/aromatic N) is 5. The van der Waals surface area contributed by atoms with E-state index in [-0.39, 0.29) is 36.2 Å². The fourth-order valence-electron chi connectivity index (χ4n) is 7.12. The number of halogens is 2. The molecule has 11 nitrogen and oxygen atoms in total. The Kier molecular flexibility index (Phi) is 13.2. The number of phenolic OH excluding ortho intramolecular Hbond substituents is 1. The number of nitrogens with two attached hydrogens (primary N) is 1. The molecule has 0 aliphatic carbocycles. The van der Waals surface area contributed by atoms with E-state index < -0.39 is 11.9 Å². The second-order valence-corrected chi connectivity index (χ2v) is 14.1. The largest absolute Gasteiger partial charge is 0.508 e. The van der Waals surface area contributed by atoms with Crippen molar-refractivity contribution in [3.8, 4) is 5.75 Å². The number of hydrogen-bond donors (Lipinski definition) is 2. The van der Waals surface area contributed by atoms with Crippen LogP contribution in [-0.4, -0.2) is 114 Å². The molecule has 272 valence electrons. The van der Waals surface area contributed by atoms with Crippen LogP contribution in [-0.2, 0) is 16.1 Å². The molecule has 0 aromatic heterocycles. The molecule has 2 aliphatic rings. The molecule has 1 unspecified atom stereocenters. The van der Waals surface area contributed by atoms with E-state index >= 15 is 0 Å². The lowest BCUT2D eigenvalue weighted by atomic mass is 9.89. The molecule has 0 radical (unpaired) electrons. The number of carbonyl (C=O) groups is 3. The van der Waals surface area contributed by atoms with Gasteiger partial charge in [0.15, 0.2) is 0 Å². The van der Waals surface area contributed by atoms with E-state index in [4.69, 9.17) is 33.8 Å². The molecular formula is C38H46Cl2N6O5. The Morgan fingerprint density at radius 2 is 1.67 bits per heavy atom. The maximum Gasteiger partial charge on any atom is 0.320 e. The molecule has 2 atom stereocenters. The van der Waals surface area contributed by atoms with Crippen LogP contribution in [0, 0.1) is 0 Å². The Morgan fingerprint density at radius 1 is 1.00 bits per heavy atom. The Hall–Kier alpha value is -4.32. The van der Waals surface area contributed by atoms with Crippen molar-refractivity contribution in [1.82, 2.24) is 19.6 Å². The highest BCUT2D eigenvalue weighted by molar-refractivity contribution is 6.35. The average molecular weight is 738 g/mol. The van der Waals surface area contributed by atoms with Gasteiger partial charge >= 0.3 is 6.03 Å². The number of phenols is 1. The topological polar surface area (TPSA) is 132 Å². The van der Waals surface area contributed by atoms with E-state index in [0.29, 0.717) is 35.1 Å². The molecule has 0 bridgehead atoms. The van der Waals surface area contributed by atoms with Crippen LogP contribution in [0.4, 0.5) is 4.79 Å². The Balaban J connectivity index is 1.21. The second kappa shape index (κ2) is 17.7. The summed E-state index contributed by atoms with van der Waals surface area (Å²) >= 11 is 12.3. The molecule has 4 amide bonds. The van der Waals surface area contributed by atoms with Gasteiger partial charge in [0.2, 0.25) is 5.91 Å². The Morgan fingerprint density at radius 3 is 2.29 bits per heavy atom. The van der Waals surface area contributed by atoms with Crippen molar-refractivity contribution in [3.05, 3.63) is 99.5 Å². The smallest absolute Gasteiger partial charge is 0.320 e. The summed E-state index contributed by atoms with van der Waals surface area (Å²) in [6.07, 6.45) is 3.42. The first kappa shape index (κ1) is 37.9. The van der Waals surface area contributed by atoms with Crippen molar-refractivity contribution < 1.29 is 24.3 Å². The zero-order chi connectivity index (χ0) is 36.5. The predicted molar refractivity (Wildman–Crippen MR) is 199 cm³/mol. The Labute approximate surface area is 309 Å². The maximum absolute atomic E-state index is 13.8. The summed E-state index contributed by atoms with van der Waals surface area (Å²) in [5, 5.41) is 14.8. The van der Waals surface area contributed by atoms with Gasteiger partial charge in [-0.3, -0.25) is 9.59 Å². The molecule has 3 aromatic carbocycles. The van der Waals surface area contributed by atoms with Crippen molar-refractivity contribution in [1.29, 1.82) is 0 Å². The van der Waals surface area contributed by atoms with Crippen molar-refractivity contribution in [2.45, 2.75) is 50.1 Å². The summed E-state index contributed by atoms with van der Waals surface area (Å²) in [7, 11) is 3.23. The minimum Gasteiger partial charge on any atom is -0.508 e. The third-order valence-corrected chi connectivity index (χ3v) is 10.2. The van der Waals surface area contributed by atoms with Gasteiger partial charge < -0.3 is 35.3 Å². The molecule has 2 heterocycles. The van der Waals surface area contributed by atoms with E-state index in [2.05, 4.69) is 22.2 Å². The zero-order valence-electron chi connectivity index (χ0n) is 29.1. The molecule has 5 rings (SSSR count).